The number of aromatic nitrogens is 2. The quantitative estimate of drug-likeness (QED) is 0.653. The van der Waals surface area contributed by atoms with E-state index in [2.05, 4.69) is 4.98 Å². The highest BCUT2D eigenvalue weighted by Crippen LogP contribution is 2.33. The van der Waals surface area contributed by atoms with Crippen LogP contribution >= 0.6 is 34.5 Å². The summed E-state index contributed by atoms with van der Waals surface area (Å²) >= 11 is 13.6. The van der Waals surface area contributed by atoms with E-state index in [4.69, 9.17) is 23.2 Å². The van der Waals surface area contributed by atoms with E-state index in [9.17, 15) is 4.79 Å². The summed E-state index contributed by atoms with van der Waals surface area (Å²) in [5.41, 5.74) is 2.79. The Kier molecular flexibility index (Phi) is 3.09. The molecule has 0 atom stereocenters. The molecule has 6 heteroatoms. The fourth-order valence-electron chi connectivity index (χ4n) is 2.01. The van der Waals surface area contributed by atoms with E-state index in [0.717, 1.165) is 16.9 Å². The smallest absolute Gasteiger partial charge is 0.195 e. The second kappa shape index (κ2) is 4.63. The summed E-state index contributed by atoms with van der Waals surface area (Å²) in [5, 5.41) is 3.00. The molecule has 3 aromatic rings. The van der Waals surface area contributed by atoms with E-state index in [-0.39, 0.29) is 0 Å². The van der Waals surface area contributed by atoms with Crippen molar-refractivity contribution in [2.24, 2.45) is 0 Å². The van der Waals surface area contributed by atoms with Crippen molar-refractivity contribution in [2.75, 3.05) is 0 Å². The predicted molar refractivity (Wildman–Crippen MR) is 78.6 cm³/mol. The first-order chi connectivity index (χ1) is 9.11. The monoisotopic (exact) mass is 310 g/mol. The number of nitrogens with zero attached hydrogens (tertiary/aromatic N) is 2. The van der Waals surface area contributed by atoms with Gasteiger partial charge in [-0.25, -0.2) is 4.98 Å². The third kappa shape index (κ3) is 1.96. The van der Waals surface area contributed by atoms with Crippen molar-refractivity contribution < 1.29 is 4.79 Å². The SMILES string of the molecule is Cc1csc2nc(-c3ccc(Cl)cc3Cl)c(C=O)n12. The van der Waals surface area contributed by atoms with Crippen LogP contribution in [0.15, 0.2) is 23.6 Å². The van der Waals surface area contributed by atoms with Gasteiger partial charge in [0.15, 0.2) is 11.2 Å². The Morgan fingerprint density at radius 3 is 2.84 bits per heavy atom. The van der Waals surface area contributed by atoms with Gasteiger partial charge in [-0.1, -0.05) is 23.2 Å². The average molecular weight is 311 g/mol. The highest BCUT2D eigenvalue weighted by Gasteiger charge is 2.18. The Morgan fingerprint density at radius 1 is 1.37 bits per heavy atom. The van der Waals surface area contributed by atoms with Crippen LogP contribution in [0.3, 0.4) is 0 Å². The summed E-state index contributed by atoms with van der Waals surface area (Å²) in [6.45, 7) is 1.94. The average Bonchev–Trinajstić information content (AvgIpc) is 2.90. The number of benzene rings is 1. The molecule has 2 heterocycles. The van der Waals surface area contributed by atoms with Crippen LogP contribution in [0.25, 0.3) is 16.2 Å². The van der Waals surface area contributed by atoms with Crippen molar-refractivity contribution in [3.05, 3.63) is 45.0 Å². The highest BCUT2D eigenvalue weighted by atomic mass is 35.5. The molecule has 0 N–H and O–H groups in total. The molecule has 0 fully saturated rings. The van der Waals surface area contributed by atoms with Gasteiger partial charge >= 0.3 is 0 Å². The van der Waals surface area contributed by atoms with Gasteiger partial charge in [0.1, 0.15) is 11.4 Å². The molecule has 3 nitrogen and oxygen atoms in total. The minimum Gasteiger partial charge on any atom is -0.296 e. The van der Waals surface area contributed by atoms with Gasteiger partial charge in [-0.3, -0.25) is 9.20 Å². The molecular weight excluding hydrogens is 303 g/mol. The molecule has 0 aliphatic rings. The Balaban J connectivity index is 2.33. The Hall–Kier alpha value is -1.36. The van der Waals surface area contributed by atoms with Crippen molar-refractivity contribution in [2.45, 2.75) is 6.92 Å². The summed E-state index contributed by atoms with van der Waals surface area (Å²) in [7, 11) is 0. The first kappa shape index (κ1) is 12.7. The largest absolute Gasteiger partial charge is 0.296 e. The maximum absolute atomic E-state index is 11.4. The molecule has 0 amide bonds. The molecule has 96 valence electrons. The molecule has 19 heavy (non-hydrogen) atoms. The number of fused-ring (bicyclic) bond motifs is 1. The molecule has 0 aliphatic carbocycles. The van der Waals surface area contributed by atoms with Gasteiger partial charge in [-0.2, -0.15) is 0 Å². The fourth-order valence-corrected chi connectivity index (χ4v) is 3.38. The minimum absolute atomic E-state index is 0.485. The van der Waals surface area contributed by atoms with E-state index in [1.807, 2.05) is 16.7 Å². The molecule has 0 unspecified atom stereocenters. The van der Waals surface area contributed by atoms with Crippen LogP contribution in [-0.4, -0.2) is 15.7 Å². The zero-order valence-corrected chi connectivity index (χ0v) is 12.2. The molecule has 1 aromatic carbocycles. The summed E-state index contributed by atoms with van der Waals surface area (Å²) < 4.78 is 1.83. The number of imidazole rings is 1. The molecule has 0 bridgehead atoms. The lowest BCUT2D eigenvalue weighted by Gasteiger charge is -2.02. The topological polar surface area (TPSA) is 34.4 Å². The first-order valence-electron chi connectivity index (χ1n) is 5.49. The molecule has 0 spiro atoms. The maximum Gasteiger partial charge on any atom is 0.195 e. The maximum atomic E-state index is 11.4. The van der Waals surface area contributed by atoms with Gasteiger partial charge in [0.05, 0.1) is 5.02 Å². The number of carbonyl (C=O) groups is 1. The molecule has 0 radical (unpaired) electrons. The van der Waals surface area contributed by atoms with E-state index >= 15 is 0 Å². The highest BCUT2D eigenvalue weighted by molar-refractivity contribution is 7.15. The third-order valence-electron chi connectivity index (χ3n) is 2.87. The van der Waals surface area contributed by atoms with Crippen molar-refractivity contribution in [1.29, 1.82) is 0 Å². The van der Waals surface area contributed by atoms with Crippen LogP contribution in [0.1, 0.15) is 16.2 Å². The summed E-state index contributed by atoms with van der Waals surface area (Å²) in [6, 6.07) is 5.16. The van der Waals surface area contributed by atoms with Crippen LogP contribution < -0.4 is 0 Å². The van der Waals surface area contributed by atoms with Crippen LogP contribution in [-0.2, 0) is 0 Å². The van der Waals surface area contributed by atoms with Gasteiger partial charge in [-0.05, 0) is 25.1 Å². The van der Waals surface area contributed by atoms with E-state index in [0.29, 0.717) is 27.0 Å². The molecular formula is C13H8Cl2N2OS. The van der Waals surface area contributed by atoms with Gasteiger partial charge in [0.2, 0.25) is 0 Å². The zero-order valence-electron chi connectivity index (χ0n) is 9.85. The number of thiazole rings is 1. The number of halogens is 2. The molecule has 0 saturated carbocycles. The van der Waals surface area contributed by atoms with E-state index < -0.39 is 0 Å². The summed E-state index contributed by atoms with van der Waals surface area (Å²) in [5.74, 6) is 0. The van der Waals surface area contributed by atoms with Crippen LogP contribution in [0, 0.1) is 6.92 Å². The predicted octanol–water partition coefficient (Wildman–Crippen LogP) is 4.49. The van der Waals surface area contributed by atoms with E-state index in [1.165, 1.54) is 11.3 Å². The molecule has 3 rings (SSSR count). The first-order valence-corrected chi connectivity index (χ1v) is 7.12. The van der Waals surface area contributed by atoms with Gasteiger partial charge in [0, 0.05) is 21.7 Å². The lowest BCUT2D eigenvalue weighted by molar-refractivity contribution is 0.111. The van der Waals surface area contributed by atoms with Crippen molar-refractivity contribution >= 4 is 45.8 Å². The number of rotatable bonds is 2. The van der Waals surface area contributed by atoms with Crippen molar-refractivity contribution in [3.8, 4) is 11.3 Å². The lowest BCUT2D eigenvalue weighted by atomic mass is 10.1. The molecule has 2 aromatic heterocycles. The lowest BCUT2D eigenvalue weighted by Crippen LogP contribution is -1.93. The summed E-state index contributed by atoms with van der Waals surface area (Å²) in [6.07, 6.45) is 0.806. The van der Waals surface area contributed by atoms with Crippen LogP contribution in [0.5, 0.6) is 0 Å². The zero-order chi connectivity index (χ0) is 13.6. The number of hydrogen-bond acceptors (Lipinski definition) is 3. The van der Waals surface area contributed by atoms with E-state index in [1.54, 1.807) is 18.2 Å². The van der Waals surface area contributed by atoms with Crippen molar-refractivity contribution in [3.63, 3.8) is 0 Å². The normalized spacial score (nSPS) is 11.1. The second-order valence-electron chi connectivity index (χ2n) is 4.08. The van der Waals surface area contributed by atoms with Crippen LogP contribution in [0.2, 0.25) is 10.0 Å². The standard InChI is InChI=1S/C13H8Cl2N2OS/c1-7-6-19-13-16-12(11(5-18)17(7)13)9-3-2-8(14)4-10(9)15/h2-6H,1H3. The Morgan fingerprint density at radius 2 is 2.16 bits per heavy atom. The van der Waals surface area contributed by atoms with Gasteiger partial charge in [-0.15, -0.1) is 11.3 Å². The fraction of sp³-hybridized carbons (Fsp3) is 0.0769. The second-order valence-corrected chi connectivity index (χ2v) is 5.76. The molecule has 0 aliphatic heterocycles. The van der Waals surface area contributed by atoms with Gasteiger partial charge in [0.25, 0.3) is 0 Å². The van der Waals surface area contributed by atoms with Crippen molar-refractivity contribution in [1.82, 2.24) is 9.38 Å². The summed E-state index contributed by atoms with van der Waals surface area (Å²) in [4.78, 5) is 16.6. The third-order valence-corrected chi connectivity index (χ3v) is 4.36. The number of carbonyl (C=O) groups excluding carboxylic acids is 1. The number of hydrogen-bond donors (Lipinski definition) is 0. The Labute approximate surface area is 123 Å². The number of aryl methyl sites for hydroxylation is 1. The van der Waals surface area contributed by atoms with Crippen LogP contribution in [0.4, 0.5) is 0 Å². The minimum atomic E-state index is 0.485. The number of aldehydes is 1. The Bertz CT molecular complexity index is 791. The van der Waals surface area contributed by atoms with Gasteiger partial charge < -0.3 is 0 Å². The molecule has 0 saturated heterocycles.